The van der Waals surface area contributed by atoms with Crippen molar-refractivity contribution in [1.29, 1.82) is 0 Å². The van der Waals surface area contributed by atoms with E-state index in [4.69, 9.17) is 11.4 Å². The fraction of sp³-hybridized carbons (Fsp3) is 0.259. The lowest BCUT2D eigenvalue weighted by atomic mass is 9.82. The third-order valence-electron chi connectivity index (χ3n) is 6.45. The van der Waals surface area contributed by atoms with Gasteiger partial charge in [0.1, 0.15) is 5.69 Å². The fourth-order valence-corrected chi connectivity index (χ4v) is 5.65. The number of imidazole rings is 1. The van der Waals surface area contributed by atoms with Crippen LogP contribution in [0.2, 0.25) is 0 Å². The van der Waals surface area contributed by atoms with Crippen molar-refractivity contribution in [2.24, 2.45) is 5.92 Å². The molecule has 0 amide bonds. The van der Waals surface area contributed by atoms with Crippen LogP contribution in [-0.4, -0.2) is 31.4 Å². The minimum Gasteiger partial charge on any atom is -0.478 e. The zero-order valence-electron chi connectivity index (χ0n) is 18.5. The zero-order chi connectivity index (χ0) is 23.7. The summed E-state index contributed by atoms with van der Waals surface area (Å²) in [6, 6.07) is 14.6. The molecule has 2 atom stereocenters. The molecule has 1 fully saturated rings. The molecule has 0 bridgehead atoms. The minimum atomic E-state index is -0.978. The molecule has 4 aromatic rings. The van der Waals surface area contributed by atoms with Gasteiger partial charge in [-0.05, 0) is 67.6 Å². The topological polar surface area (TPSA) is 85.1 Å². The summed E-state index contributed by atoms with van der Waals surface area (Å²) in [7, 11) is 0. The number of carboxylic acid groups (broad SMARTS) is 1. The van der Waals surface area contributed by atoms with Gasteiger partial charge in [-0.3, -0.25) is 9.78 Å². The van der Waals surface area contributed by atoms with E-state index in [2.05, 4.69) is 15.5 Å². The average molecular weight is 470 g/mol. The van der Waals surface area contributed by atoms with Crippen molar-refractivity contribution in [3.8, 4) is 23.9 Å². The van der Waals surface area contributed by atoms with Gasteiger partial charge in [-0.15, -0.1) is 17.8 Å². The first-order chi connectivity index (χ1) is 16.5. The van der Waals surface area contributed by atoms with E-state index in [-0.39, 0.29) is 23.3 Å². The highest BCUT2D eigenvalue weighted by atomic mass is 32.1. The van der Waals surface area contributed by atoms with Gasteiger partial charge in [0.15, 0.2) is 11.6 Å². The van der Waals surface area contributed by atoms with Gasteiger partial charge in [-0.2, -0.15) is 0 Å². The van der Waals surface area contributed by atoms with E-state index in [1.165, 1.54) is 11.3 Å². The second kappa shape index (κ2) is 9.24. The Morgan fingerprint density at radius 3 is 2.79 bits per heavy atom. The standard InChI is InChI=1S/C27H23N3O3S/c1-2-20-10-12-25(34-20)24(31)15-17-6-5-7-19(14-17)30-23-11-9-18(27(32)33)16-22(23)29-26(30)21-8-3-4-13-28-21/h1,3-4,8-13,16-17,19H,5-7,14-15H2,(H,32,33)/t17-,19+/m1/s1. The summed E-state index contributed by atoms with van der Waals surface area (Å²) in [5, 5.41) is 9.43. The lowest BCUT2D eigenvalue weighted by Crippen LogP contribution is -2.22. The monoisotopic (exact) mass is 469 g/mol. The molecule has 7 heteroatoms. The number of carbonyl (C=O) groups is 2. The van der Waals surface area contributed by atoms with Crippen molar-refractivity contribution in [3.05, 3.63) is 70.0 Å². The molecule has 6 nitrogen and oxygen atoms in total. The number of terminal acetylenes is 1. The number of aromatic nitrogens is 3. The lowest BCUT2D eigenvalue weighted by molar-refractivity contribution is 0.0696. The average Bonchev–Trinajstić information content (AvgIpc) is 3.49. The summed E-state index contributed by atoms with van der Waals surface area (Å²) >= 11 is 1.38. The maximum atomic E-state index is 12.9. The van der Waals surface area contributed by atoms with Crippen molar-refractivity contribution in [1.82, 2.24) is 14.5 Å². The third-order valence-corrected chi connectivity index (χ3v) is 7.51. The number of carboxylic acids is 1. The van der Waals surface area contributed by atoms with E-state index in [0.29, 0.717) is 11.9 Å². The highest BCUT2D eigenvalue weighted by Gasteiger charge is 2.29. The van der Waals surface area contributed by atoms with Crippen molar-refractivity contribution in [2.75, 3.05) is 0 Å². The third kappa shape index (κ3) is 4.25. The van der Waals surface area contributed by atoms with E-state index >= 15 is 0 Å². The van der Waals surface area contributed by atoms with Gasteiger partial charge in [-0.1, -0.05) is 18.4 Å². The molecule has 0 aliphatic heterocycles. The van der Waals surface area contributed by atoms with Crippen molar-refractivity contribution >= 4 is 34.1 Å². The zero-order valence-corrected chi connectivity index (χ0v) is 19.3. The highest BCUT2D eigenvalue weighted by Crippen LogP contribution is 2.39. The Bertz CT molecular complexity index is 1410. The molecule has 34 heavy (non-hydrogen) atoms. The Morgan fingerprint density at radius 2 is 2.06 bits per heavy atom. The van der Waals surface area contributed by atoms with Crippen LogP contribution >= 0.6 is 11.3 Å². The van der Waals surface area contributed by atoms with Gasteiger partial charge in [-0.25, -0.2) is 9.78 Å². The minimum absolute atomic E-state index is 0.142. The maximum Gasteiger partial charge on any atom is 0.335 e. The molecule has 0 spiro atoms. The number of hydrogen-bond acceptors (Lipinski definition) is 5. The van der Waals surface area contributed by atoms with E-state index in [9.17, 15) is 14.7 Å². The van der Waals surface area contributed by atoms with Gasteiger partial charge < -0.3 is 9.67 Å². The van der Waals surface area contributed by atoms with Gasteiger partial charge in [0.2, 0.25) is 0 Å². The molecule has 1 aromatic carbocycles. The summed E-state index contributed by atoms with van der Waals surface area (Å²) in [6.45, 7) is 0. The molecule has 1 aliphatic carbocycles. The van der Waals surface area contributed by atoms with Gasteiger partial charge in [0.05, 0.1) is 26.4 Å². The number of hydrogen-bond donors (Lipinski definition) is 1. The number of Topliss-reactive ketones (excluding diaryl/α,β-unsaturated/α-hetero) is 1. The number of rotatable bonds is 6. The van der Waals surface area contributed by atoms with Crippen LogP contribution in [0, 0.1) is 18.3 Å². The first-order valence-electron chi connectivity index (χ1n) is 11.3. The molecule has 1 N–H and O–H groups in total. The summed E-state index contributed by atoms with van der Waals surface area (Å²) < 4.78 is 2.20. The lowest BCUT2D eigenvalue weighted by Gasteiger charge is -2.31. The molecule has 1 saturated carbocycles. The Kier molecular flexibility index (Phi) is 5.99. The fourth-order valence-electron chi connectivity index (χ4n) is 4.89. The van der Waals surface area contributed by atoms with Crippen molar-refractivity contribution < 1.29 is 14.7 Å². The van der Waals surface area contributed by atoms with Crippen LogP contribution in [0.1, 0.15) is 63.1 Å². The molecule has 1 aliphatic rings. The van der Waals surface area contributed by atoms with E-state index in [1.807, 2.05) is 36.4 Å². The summed E-state index contributed by atoms with van der Waals surface area (Å²) in [4.78, 5) is 35.2. The molecule has 3 heterocycles. The largest absolute Gasteiger partial charge is 0.478 e. The van der Waals surface area contributed by atoms with Crippen LogP contribution in [0.3, 0.4) is 0 Å². The number of aromatic carboxylic acids is 1. The number of benzene rings is 1. The van der Waals surface area contributed by atoms with Gasteiger partial charge in [0.25, 0.3) is 0 Å². The van der Waals surface area contributed by atoms with Crippen molar-refractivity contribution in [2.45, 2.75) is 38.1 Å². The predicted octanol–water partition coefficient (Wildman–Crippen LogP) is 5.84. The second-order valence-corrected chi connectivity index (χ2v) is 9.73. The number of nitrogens with zero attached hydrogens (tertiary/aromatic N) is 3. The summed E-state index contributed by atoms with van der Waals surface area (Å²) in [5.41, 5.74) is 2.48. The van der Waals surface area contributed by atoms with Gasteiger partial charge >= 0.3 is 5.97 Å². The molecular weight excluding hydrogens is 446 g/mol. The summed E-state index contributed by atoms with van der Waals surface area (Å²) in [6.07, 6.45) is 11.5. The second-order valence-electron chi connectivity index (χ2n) is 8.65. The van der Waals surface area contributed by atoms with E-state index in [1.54, 1.807) is 18.3 Å². The number of ketones is 1. The van der Waals surface area contributed by atoms with E-state index in [0.717, 1.165) is 52.5 Å². The first kappa shape index (κ1) is 22.1. The highest BCUT2D eigenvalue weighted by molar-refractivity contribution is 7.14. The Labute approximate surface area is 201 Å². The normalized spacial score (nSPS) is 18.0. The smallest absolute Gasteiger partial charge is 0.335 e. The van der Waals surface area contributed by atoms with Crippen molar-refractivity contribution in [3.63, 3.8) is 0 Å². The Balaban J connectivity index is 1.48. The maximum absolute atomic E-state index is 12.9. The predicted molar refractivity (Wildman–Crippen MR) is 132 cm³/mol. The molecule has 0 unspecified atom stereocenters. The van der Waals surface area contributed by atoms with Crippen LogP contribution in [0.25, 0.3) is 22.6 Å². The number of thiophene rings is 1. The van der Waals surface area contributed by atoms with Crippen LogP contribution < -0.4 is 0 Å². The molecule has 5 rings (SSSR count). The number of fused-ring (bicyclic) bond motifs is 1. The molecule has 0 radical (unpaired) electrons. The number of carbonyl (C=O) groups excluding carboxylic acids is 1. The van der Waals surface area contributed by atoms with E-state index < -0.39 is 5.97 Å². The first-order valence-corrected chi connectivity index (χ1v) is 12.1. The van der Waals surface area contributed by atoms with Crippen LogP contribution in [0.15, 0.2) is 54.7 Å². The number of pyridine rings is 1. The quantitative estimate of drug-likeness (QED) is 0.283. The van der Waals surface area contributed by atoms with Crippen LogP contribution in [0.5, 0.6) is 0 Å². The summed E-state index contributed by atoms with van der Waals surface area (Å²) in [5.74, 6) is 2.75. The van der Waals surface area contributed by atoms with Crippen LogP contribution in [0.4, 0.5) is 0 Å². The Hall–Kier alpha value is -3.76. The molecule has 0 saturated heterocycles. The van der Waals surface area contributed by atoms with Crippen LogP contribution in [-0.2, 0) is 0 Å². The molecule has 170 valence electrons. The Morgan fingerprint density at radius 1 is 1.18 bits per heavy atom. The SMILES string of the molecule is C#Cc1ccc(C(=O)C[C@@H]2CCC[C@H](n3c(-c4ccccn4)nc4cc(C(=O)O)ccc43)C2)s1. The van der Waals surface area contributed by atoms with Gasteiger partial charge in [0, 0.05) is 18.7 Å². The molecular formula is C27H23N3O3S. The molecule has 3 aromatic heterocycles.